The van der Waals surface area contributed by atoms with E-state index in [1.807, 2.05) is 12.3 Å². The number of anilines is 1. The molecule has 1 unspecified atom stereocenters. The average molecular weight is 302 g/mol. The number of esters is 1. The van der Waals surface area contributed by atoms with Crippen molar-refractivity contribution in [1.82, 2.24) is 4.98 Å². The molecule has 0 aliphatic heterocycles. The third kappa shape index (κ3) is 3.24. The number of thiazole rings is 1. The van der Waals surface area contributed by atoms with Crippen molar-refractivity contribution in [3.63, 3.8) is 0 Å². The van der Waals surface area contributed by atoms with E-state index in [4.69, 9.17) is 4.74 Å². The van der Waals surface area contributed by atoms with Gasteiger partial charge in [-0.15, -0.1) is 11.3 Å². The van der Waals surface area contributed by atoms with Crippen molar-refractivity contribution in [3.8, 4) is 0 Å². The second-order valence-electron chi connectivity index (χ2n) is 5.06. The quantitative estimate of drug-likeness (QED) is 0.861. The number of hydrogen-bond donors (Lipinski definition) is 1. The maximum absolute atomic E-state index is 11.5. The summed E-state index contributed by atoms with van der Waals surface area (Å²) >= 11 is 1.54. The molecule has 0 saturated carbocycles. The minimum atomic E-state index is -0.222. The number of aryl methyl sites for hydroxylation is 1. The molecule has 2 aromatic rings. The van der Waals surface area contributed by atoms with Crippen LogP contribution in [0.2, 0.25) is 0 Å². The number of benzene rings is 1. The Kier molecular flexibility index (Phi) is 4.20. The summed E-state index contributed by atoms with van der Waals surface area (Å²) < 4.78 is 4.94. The second kappa shape index (κ2) is 6.26. The molecule has 1 N–H and O–H groups in total. The average Bonchev–Trinajstić information content (AvgIpc) is 3.07. The Morgan fingerprint density at radius 2 is 2.33 bits per heavy atom. The van der Waals surface area contributed by atoms with Crippen LogP contribution in [0.3, 0.4) is 0 Å². The van der Waals surface area contributed by atoms with Crippen LogP contribution in [0.25, 0.3) is 0 Å². The highest BCUT2D eigenvalue weighted by Gasteiger charge is 2.22. The molecule has 1 aromatic heterocycles. The van der Waals surface area contributed by atoms with Gasteiger partial charge in [0.25, 0.3) is 0 Å². The fourth-order valence-corrected chi connectivity index (χ4v) is 3.43. The summed E-state index contributed by atoms with van der Waals surface area (Å²) in [5, 5.41) is 6.27. The minimum absolute atomic E-state index is 0.222. The molecule has 1 aliphatic carbocycles. The molecule has 0 amide bonds. The van der Waals surface area contributed by atoms with Crippen molar-refractivity contribution in [2.75, 3.05) is 11.9 Å². The molecule has 4 nitrogen and oxygen atoms in total. The highest BCUT2D eigenvalue weighted by molar-refractivity contribution is 7.13. The van der Waals surface area contributed by atoms with Gasteiger partial charge in [-0.2, -0.15) is 0 Å². The first-order valence-electron chi connectivity index (χ1n) is 7.20. The van der Waals surface area contributed by atoms with E-state index in [0.717, 1.165) is 23.7 Å². The molecule has 1 heterocycles. The number of fused-ring (bicyclic) bond motifs is 1. The summed E-state index contributed by atoms with van der Waals surface area (Å²) in [7, 11) is 0. The van der Waals surface area contributed by atoms with E-state index in [-0.39, 0.29) is 12.4 Å². The summed E-state index contributed by atoms with van der Waals surface area (Å²) in [5.74, 6) is -0.222. The molecule has 1 aromatic carbocycles. The fourth-order valence-electron chi connectivity index (χ4n) is 2.67. The van der Waals surface area contributed by atoms with Crippen LogP contribution in [0.1, 0.15) is 36.2 Å². The molecule has 0 saturated heterocycles. The highest BCUT2D eigenvalue weighted by atomic mass is 32.1. The number of nitrogens with zero attached hydrogens (tertiary/aromatic N) is 1. The summed E-state index contributed by atoms with van der Waals surface area (Å²) in [6.07, 6.45) is 2.44. The van der Waals surface area contributed by atoms with E-state index >= 15 is 0 Å². The maximum Gasteiger partial charge on any atom is 0.311 e. The smallest absolute Gasteiger partial charge is 0.311 e. The van der Waals surface area contributed by atoms with Gasteiger partial charge in [-0.3, -0.25) is 4.79 Å². The molecule has 1 aliphatic rings. The fraction of sp³-hybridized carbons (Fsp3) is 0.375. The topological polar surface area (TPSA) is 51.2 Å². The summed E-state index contributed by atoms with van der Waals surface area (Å²) in [6.45, 7) is 2.22. The number of hydrogen-bond acceptors (Lipinski definition) is 5. The number of carbonyl (C=O) groups is 1. The van der Waals surface area contributed by atoms with Crippen LogP contribution in [0.15, 0.2) is 29.6 Å². The zero-order valence-corrected chi connectivity index (χ0v) is 12.8. The van der Waals surface area contributed by atoms with Gasteiger partial charge in [-0.05, 0) is 30.9 Å². The molecule has 21 heavy (non-hydrogen) atoms. The lowest BCUT2D eigenvalue weighted by atomic mass is 10.1. The minimum Gasteiger partial charge on any atom is -0.466 e. The van der Waals surface area contributed by atoms with Crippen molar-refractivity contribution in [2.24, 2.45) is 0 Å². The lowest BCUT2D eigenvalue weighted by Gasteiger charge is -2.12. The van der Waals surface area contributed by atoms with Gasteiger partial charge < -0.3 is 10.1 Å². The first-order chi connectivity index (χ1) is 10.3. The molecule has 0 fully saturated rings. The van der Waals surface area contributed by atoms with Gasteiger partial charge in [-0.25, -0.2) is 4.98 Å². The molecular formula is C16H18N2O2S. The van der Waals surface area contributed by atoms with Gasteiger partial charge in [-0.1, -0.05) is 24.3 Å². The van der Waals surface area contributed by atoms with Crippen molar-refractivity contribution in [1.29, 1.82) is 0 Å². The maximum atomic E-state index is 11.5. The Labute approximate surface area is 128 Å². The Morgan fingerprint density at radius 1 is 1.48 bits per heavy atom. The van der Waals surface area contributed by atoms with Crippen LogP contribution in [0, 0.1) is 0 Å². The van der Waals surface area contributed by atoms with Crippen molar-refractivity contribution in [2.45, 2.75) is 32.2 Å². The number of rotatable bonds is 5. The molecule has 0 spiro atoms. The number of aromatic nitrogens is 1. The third-order valence-corrected chi connectivity index (χ3v) is 4.44. The predicted molar refractivity (Wildman–Crippen MR) is 83.6 cm³/mol. The summed E-state index contributed by atoms with van der Waals surface area (Å²) in [5.41, 5.74) is 3.55. The van der Waals surface area contributed by atoms with Crippen molar-refractivity contribution < 1.29 is 9.53 Å². The van der Waals surface area contributed by atoms with Crippen LogP contribution < -0.4 is 5.32 Å². The van der Waals surface area contributed by atoms with Crippen LogP contribution in [0.4, 0.5) is 5.13 Å². The van der Waals surface area contributed by atoms with Gasteiger partial charge in [0.1, 0.15) is 0 Å². The van der Waals surface area contributed by atoms with Crippen LogP contribution in [-0.4, -0.2) is 17.6 Å². The van der Waals surface area contributed by atoms with Crippen LogP contribution in [0.5, 0.6) is 0 Å². The van der Waals surface area contributed by atoms with Gasteiger partial charge >= 0.3 is 5.97 Å². The monoisotopic (exact) mass is 302 g/mol. The number of carbonyl (C=O) groups excluding carboxylic acids is 1. The molecule has 1 atom stereocenters. The van der Waals surface area contributed by atoms with Gasteiger partial charge in [0.2, 0.25) is 0 Å². The van der Waals surface area contributed by atoms with Crippen molar-refractivity contribution in [3.05, 3.63) is 46.5 Å². The normalized spacial score (nSPS) is 16.5. The molecule has 5 heteroatoms. The zero-order chi connectivity index (χ0) is 14.7. The first kappa shape index (κ1) is 14.1. The van der Waals surface area contributed by atoms with Crippen molar-refractivity contribution >= 4 is 22.4 Å². The summed E-state index contributed by atoms with van der Waals surface area (Å²) in [4.78, 5) is 15.9. The van der Waals surface area contributed by atoms with E-state index < -0.39 is 0 Å². The number of nitrogens with one attached hydrogen (secondary N) is 1. The van der Waals surface area contributed by atoms with Gasteiger partial charge in [0.15, 0.2) is 5.13 Å². The SMILES string of the molecule is CCOC(=O)Cc1csc(NC2CCc3ccccc32)n1. The Balaban J connectivity index is 1.64. The third-order valence-electron chi connectivity index (χ3n) is 3.61. The standard InChI is InChI=1S/C16H18N2O2S/c1-2-20-15(19)9-12-10-21-16(17-12)18-14-8-7-11-5-3-4-6-13(11)14/h3-6,10,14H,2,7-9H2,1H3,(H,17,18). The Hall–Kier alpha value is -1.88. The highest BCUT2D eigenvalue weighted by Crippen LogP contribution is 2.34. The first-order valence-corrected chi connectivity index (χ1v) is 8.08. The van der Waals surface area contributed by atoms with Gasteiger partial charge in [0.05, 0.1) is 24.8 Å². The van der Waals surface area contributed by atoms with E-state index in [9.17, 15) is 4.79 Å². The second-order valence-corrected chi connectivity index (χ2v) is 5.92. The zero-order valence-electron chi connectivity index (χ0n) is 12.0. The summed E-state index contributed by atoms with van der Waals surface area (Å²) in [6, 6.07) is 8.84. The molecule has 0 bridgehead atoms. The molecule has 3 rings (SSSR count). The van der Waals surface area contributed by atoms with E-state index in [0.29, 0.717) is 12.6 Å². The predicted octanol–water partition coefficient (Wildman–Crippen LogP) is 3.35. The molecule has 0 radical (unpaired) electrons. The van der Waals surface area contributed by atoms with E-state index in [2.05, 4.69) is 34.6 Å². The largest absolute Gasteiger partial charge is 0.466 e. The Morgan fingerprint density at radius 3 is 3.19 bits per heavy atom. The lowest BCUT2D eigenvalue weighted by Crippen LogP contribution is -2.09. The molecule has 110 valence electrons. The lowest BCUT2D eigenvalue weighted by molar-refractivity contribution is -0.142. The Bertz CT molecular complexity index is 639. The van der Waals surface area contributed by atoms with Gasteiger partial charge in [0, 0.05) is 5.38 Å². The number of ether oxygens (including phenoxy) is 1. The van der Waals surface area contributed by atoms with Crippen LogP contribution >= 0.6 is 11.3 Å². The van der Waals surface area contributed by atoms with E-state index in [1.54, 1.807) is 11.3 Å². The van der Waals surface area contributed by atoms with Crippen LogP contribution in [-0.2, 0) is 22.4 Å². The molecular weight excluding hydrogens is 284 g/mol. The van der Waals surface area contributed by atoms with E-state index in [1.165, 1.54) is 11.1 Å².